The van der Waals surface area contributed by atoms with Crippen molar-refractivity contribution in [2.75, 3.05) is 31.1 Å². The number of para-hydroxylation sites is 1. The van der Waals surface area contributed by atoms with E-state index in [1.807, 2.05) is 18.7 Å². The zero-order valence-corrected chi connectivity index (χ0v) is 17.7. The summed E-state index contributed by atoms with van der Waals surface area (Å²) in [5.41, 5.74) is 2.18. The van der Waals surface area contributed by atoms with E-state index in [0.717, 1.165) is 39.0 Å². The van der Waals surface area contributed by atoms with Crippen molar-refractivity contribution in [3.63, 3.8) is 0 Å². The van der Waals surface area contributed by atoms with E-state index >= 15 is 0 Å². The number of likely N-dealkylation sites (tertiary alicyclic amines) is 1. The number of carbonyl (C=O) groups excluding carboxylic acids is 2. The van der Waals surface area contributed by atoms with Gasteiger partial charge in [-0.25, -0.2) is 4.79 Å². The summed E-state index contributed by atoms with van der Waals surface area (Å²) >= 11 is 0. The molecular formula is C23H34N4O2. The van der Waals surface area contributed by atoms with Crippen LogP contribution in [0.1, 0.15) is 51.5 Å². The number of hydrogen-bond donors (Lipinski definition) is 2. The van der Waals surface area contributed by atoms with Crippen LogP contribution in [-0.2, 0) is 11.3 Å². The van der Waals surface area contributed by atoms with Gasteiger partial charge in [-0.05, 0) is 63.5 Å². The fourth-order valence-electron chi connectivity index (χ4n) is 5.10. The van der Waals surface area contributed by atoms with Crippen molar-refractivity contribution >= 4 is 17.6 Å². The normalized spacial score (nSPS) is 24.6. The summed E-state index contributed by atoms with van der Waals surface area (Å²) in [6.45, 7) is 8.33. The highest BCUT2D eigenvalue weighted by atomic mass is 16.2. The van der Waals surface area contributed by atoms with Gasteiger partial charge in [0.25, 0.3) is 0 Å². The van der Waals surface area contributed by atoms with Crippen molar-refractivity contribution in [1.29, 1.82) is 0 Å². The molecule has 3 aliphatic heterocycles. The number of β-lactam (4-membered cyclic amide) rings is 1. The van der Waals surface area contributed by atoms with Gasteiger partial charge in [-0.2, -0.15) is 0 Å². The Morgan fingerprint density at radius 3 is 2.45 bits per heavy atom. The maximum Gasteiger partial charge on any atom is 0.317 e. The number of piperidine rings is 2. The predicted octanol–water partition coefficient (Wildman–Crippen LogP) is 3.12. The van der Waals surface area contributed by atoms with Crippen LogP contribution in [0.15, 0.2) is 24.3 Å². The average molecular weight is 399 g/mol. The maximum absolute atomic E-state index is 12.7. The molecule has 1 unspecified atom stereocenters. The first-order valence-corrected chi connectivity index (χ1v) is 11.1. The molecule has 3 aliphatic rings. The lowest BCUT2D eigenvalue weighted by Crippen LogP contribution is -2.68. The van der Waals surface area contributed by atoms with E-state index < -0.39 is 0 Å². The second-order valence-corrected chi connectivity index (χ2v) is 9.33. The second kappa shape index (κ2) is 8.25. The Bertz CT molecular complexity index is 749. The van der Waals surface area contributed by atoms with Crippen LogP contribution in [0.5, 0.6) is 0 Å². The summed E-state index contributed by atoms with van der Waals surface area (Å²) in [6, 6.07) is 8.70. The standard InChI is InChI=1S/C23H34N4O2/c1-23(2)20(25-21(23)28)17-10-14-27(15-11-17)22(29)24-16-18-8-4-5-9-19(18)26-12-6-3-7-13-26/h4-5,8-9,17,20H,3,6-7,10-16H2,1-2H3,(H,24,29)(H,25,28). The molecule has 4 rings (SSSR count). The Morgan fingerprint density at radius 1 is 1.10 bits per heavy atom. The van der Waals surface area contributed by atoms with Crippen LogP contribution in [0.3, 0.4) is 0 Å². The van der Waals surface area contributed by atoms with Gasteiger partial charge >= 0.3 is 6.03 Å². The molecule has 0 aliphatic carbocycles. The van der Waals surface area contributed by atoms with Crippen molar-refractivity contribution < 1.29 is 9.59 Å². The molecule has 0 saturated carbocycles. The molecule has 0 bridgehead atoms. The van der Waals surface area contributed by atoms with Crippen molar-refractivity contribution in [3.8, 4) is 0 Å². The molecule has 0 aromatic heterocycles. The molecule has 3 amide bonds. The zero-order chi connectivity index (χ0) is 20.4. The molecule has 6 heteroatoms. The second-order valence-electron chi connectivity index (χ2n) is 9.33. The number of anilines is 1. The number of nitrogens with one attached hydrogen (secondary N) is 2. The van der Waals surface area contributed by atoms with Gasteiger partial charge in [0.05, 0.1) is 5.41 Å². The van der Waals surface area contributed by atoms with Crippen molar-refractivity contribution in [2.24, 2.45) is 11.3 Å². The van der Waals surface area contributed by atoms with Gasteiger partial charge in [0.2, 0.25) is 5.91 Å². The van der Waals surface area contributed by atoms with E-state index in [-0.39, 0.29) is 23.4 Å². The SMILES string of the molecule is CC1(C)C(=O)NC1C1CCN(C(=O)NCc2ccccc2N2CCCCC2)CC1. The Balaban J connectivity index is 1.28. The fraction of sp³-hybridized carbons (Fsp3) is 0.652. The molecule has 1 aromatic rings. The Hall–Kier alpha value is -2.24. The van der Waals surface area contributed by atoms with Crippen LogP contribution < -0.4 is 15.5 Å². The average Bonchev–Trinajstić information content (AvgIpc) is 2.76. The van der Waals surface area contributed by atoms with Gasteiger partial charge in [0.15, 0.2) is 0 Å². The van der Waals surface area contributed by atoms with Crippen LogP contribution in [0.2, 0.25) is 0 Å². The van der Waals surface area contributed by atoms with E-state index in [0.29, 0.717) is 12.5 Å². The van der Waals surface area contributed by atoms with Crippen LogP contribution in [0.4, 0.5) is 10.5 Å². The number of urea groups is 1. The molecular weight excluding hydrogens is 364 g/mol. The molecule has 3 fully saturated rings. The summed E-state index contributed by atoms with van der Waals surface area (Å²) in [5, 5.41) is 6.20. The third-order valence-corrected chi connectivity index (χ3v) is 7.07. The monoisotopic (exact) mass is 398 g/mol. The van der Waals surface area contributed by atoms with Gasteiger partial charge in [0.1, 0.15) is 0 Å². The molecule has 3 heterocycles. The van der Waals surface area contributed by atoms with E-state index in [1.54, 1.807) is 0 Å². The smallest absolute Gasteiger partial charge is 0.317 e. The zero-order valence-electron chi connectivity index (χ0n) is 17.7. The Labute approximate surface area is 174 Å². The van der Waals surface area contributed by atoms with Crippen LogP contribution in [0, 0.1) is 11.3 Å². The van der Waals surface area contributed by atoms with Crippen molar-refractivity contribution in [2.45, 2.75) is 58.5 Å². The first-order chi connectivity index (χ1) is 14.0. The van der Waals surface area contributed by atoms with Gasteiger partial charge in [-0.3, -0.25) is 4.79 Å². The molecule has 1 aromatic carbocycles. The number of hydrogen-bond acceptors (Lipinski definition) is 3. The van der Waals surface area contributed by atoms with Gasteiger partial charge in [-0.1, -0.05) is 18.2 Å². The van der Waals surface area contributed by atoms with Crippen molar-refractivity contribution in [1.82, 2.24) is 15.5 Å². The highest BCUT2D eigenvalue weighted by Gasteiger charge is 2.51. The van der Waals surface area contributed by atoms with Crippen LogP contribution in [0.25, 0.3) is 0 Å². The molecule has 6 nitrogen and oxygen atoms in total. The van der Waals surface area contributed by atoms with Crippen LogP contribution >= 0.6 is 0 Å². The number of rotatable bonds is 4. The highest BCUT2D eigenvalue weighted by Crippen LogP contribution is 2.38. The fourth-order valence-corrected chi connectivity index (χ4v) is 5.10. The quantitative estimate of drug-likeness (QED) is 0.766. The summed E-state index contributed by atoms with van der Waals surface area (Å²) in [4.78, 5) is 28.9. The third-order valence-electron chi connectivity index (χ3n) is 7.07. The minimum atomic E-state index is -0.271. The first-order valence-electron chi connectivity index (χ1n) is 11.1. The molecule has 158 valence electrons. The summed E-state index contributed by atoms with van der Waals surface area (Å²) in [6.07, 6.45) is 5.70. The summed E-state index contributed by atoms with van der Waals surface area (Å²) < 4.78 is 0. The van der Waals surface area contributed by atoms with Crippen molar-refractivity contribution in [3.05, 3.63) is 29.8 Å². The van der Waals surface area contributed by atoms with E-state index in [4.69, 9.17) is 0 Å². The summed E-state index contributed by atoms with van der Waals surface area (Å²) in [7, 11) is 0. The highest BCUT2D eigenvalue weighted by molar-refractivity contribution is 5.89. The Kier molecular flexibility index (Phi) is 5.70. The van der Waals surface area contributed by atoms with E-state index in [9.17, 15) is 9.59 Å². The minimum Gasteiger partial charge on any atom is -0.371 e. The molecule has 0 radical (unpaired) electrons. The summed E-state index contributed by atoms with van der Waals surface area (Å²) in [5.74, 6) is 0.613. The number of amides is 3. The predicted molar refractivity (Wildman–Crippen MR) is 115 cm³/mol. The lowest BCUT2D eigenvalue weighted by Gasteiger charge is -2.50. The number of carbonyl (C=O) groups is 2. The molecule has 3 saturated heterocycles. The lowest BCUT2D eigenvalue weighted by molar-refractivity contribution is -0.146. The molecule has 2 N–H and O–H groups in total. The van der Waals surface area contributed by atoms with Gasteiger partial charge in [-0.15, -0.1) is 0 Å². The maximum atomic E-state index is 12.7. The largest absolute Gasteiger partial charge is 0.371 e. The number of benzene rings is 1. The minimum absolute atomic E-state index is 0.0220. The van der Waals surface area contributed by atoms with Crippen LogP contribution in [-0.4, -0.2) is 49.1 Å². The molecule has 0 spiro atoms. The number of nitrogens with zero attached hydrogens (tertiary/aromatic N) is 2. The first kappa shape index (κ1) is 20.0. The lowest BCUT2D eigenvalue weighted by atomic mass is 9.68. The topological polar surface area (TPSA) is 64.7 Å². The molecule has 29 heavy (non-hydrogen) atoms. The van der Waals surface area contributed by atoms with Gasteiger partial charge in [0, 0.05) is 44.5 Å². The van der Waals surface area contributed by atoms with E-state index in [2.05, 4.69) is 39.8 Å². The Morgan fingerprint density at radius 2 is 1.79 bits per heavy atom. The van der Waals surface area contributed by atoms with Gasteiger partial charge < -0.3 is 20.4 Å². The molecule has 1 atom stereocenters. The van der Waals surface area contributed by atoms with E-state index in [1.165, 1.54) is 30.5 Å². The third kappa shape index (κ3) is 4.07.